The monoisotopic (exact) mass is 392 g/mol. The molecule has 7 heteroatoms. The number of halogens is 1. The van der Waals surface area contributed by atoms with Crippen molar-refractivity contribution in [1.82, 2.24) is 19.6 Å². The topological polar surface area (TPSA) is 76.1 Å². The second-order valence-electron chi connectivity index (χ2n) is 7.79. The average Bonchev–Trinajstić information content (AvgIpc) is 3.21. The van der Waals surface area contributed by atoms with E-state index in [1.165, 1.54) is 10.7 Å². The predicted molar refractivity (Wildman–Crippen MR) is 107 cm³/mol. The molecule has 0 saturated heterocycles. The number of rotatable bonds is 4. The van der Waals surface area contributed by atoms with Crippen molar-refractivity contribution < 1.29 is 14.6 Å². The predicted octanol–water partition coefficient (Wildman–Crippen LogP) is 3.81. The summed E-state index contributed by atoms with van der Waals surface area (Å²) in [6.07, 6.45) is 3.27. The number of benzene rings is 2. The van der Waals surface area contributed by atoms with E-state index >= 15 is 0 Å². The Bertz CT molecular complexity index is 1210. The van der Waals surface area contributed by atoms with Gasteiger partial charge in [-0.1, -0.05) is 23.4 Å². The lowest BCUT2D eigenvalue weighted by Gasteiger charge is -2.31. The summed E-state index contributed by atoms with van der Waals surface area (Å²) in [6.45, 7) is 2.55. The molecule has 2 heterocycles. The number of aromatic hydroxyl groups is 1. The van der Waals surface area contributed by atoms with Gasteiger partial charge in [0.05, 0.1) is 11.8 Å². The fraction of sp³-hybridized carbons (Fsp3) is 0.273. The van der Waals surface area contributed by atoms with E-state index in [2.05, 4.69) is 10.3 Å². The molecule has 148 valence electrons. The molecule has 29 heavy (non-hydrogen) atoms. The van der Waals surface area contributed by atoms with Crippen molar-refractivity contribution in [1.29, 1.82) is 0 Å². The minimum atomic E-state index is -0.356. The van der Waals surface area contributed by atoms with Crippen molar-refractivity contribution >= 4 is 10.8 Å². The van der Waals surface area contributed by atoms with Crippen LogP contribution in [0.1, 0.15) is 18.5 Å². The summed E-state index contributed by atoms with van der Waals surface area (Å²) in [4.78, 5) is 0. The van der Waals surface area contributed by atoms with Crippen molar-refractivity contribution in [3.05, 3.63) is 60.2 Å². The van der Waals surface area contributed by atoms with Crippen molar-refractivity contribution in [2.24, 2.45) is 5.92 Å². The Kier molecular flexibility index (Phi) is 4.13. The van der Waals surface area contributed by atoms with Gasteiger partial charge in [0.2, 0.25) is 0 Å². The summed E-state index contributed by atoms with van der Waals surface area (Å²) >= 11 is 0. The lowest BCUT2D eigenvalue weighted by molar-refractivity contribution is 0.0344. The third-order valence-corrected chi connectivity index (χ3v) is 5.77. The molecule has 0 spiro atoms. The number of aliphatic hydroxyl groups is 1. The average molecular weight is 392 g/mol. The van der Waals surface area contributed by atoms with E-state index in [0.717, 1.165) is 34.9 Å². The highest BCUT2D eigenvalue weighted by Crippen LogP contribution is 2.35. The van der Waals surface area contributed by atoms with E-state index in [-0.39, 0.29) is 17.8 Å². The Balaban J connectivity index is 1.50. The Labute approximate surface area is 166 Å². The van der Waals surface area contributed by atoms with Crippen LogP contribution in [0.25, 0.3) is 27.7 Å². The van der Waals surface area contributed by atoms with Crippen LogP contribution in [-0.4, -0.2) is 35.9 Å². The maximum absolute atomic E-state index is 14.2. The molecule has 2 N–H and O–H groups in total. The van der Waals surface area contributed by atoms with Gasteiger partial charge in [0.1, 0.15) is 17.2 Å². The molecular weight excluding hydrogens is 371 g/mol. The molecule has 1 fully saturated rings. The van der Waals surface area contributed by atoms with Gasteiger partial charge >= 0.3 is 0 Å². The first-order valence-electron chi connectivity index (χ1n) is 9.68. The Hall–Kier alpha value is -3.19. The van der Waals surface area contributed by atoms with Crippen LogP contribution in [0.2, 0.25) is 0 Å². The maximum atomic E-state index is 14.2. The summed E-state index contributed by atoms with van der Waals surface area (Å²) in [5, 5.41) is 30.1. The standard InChI is InChI=1S/C22H21FN4O2/c1-13-21(24-25-27(13)20-5-3-2-4-19(20)23)15-6-7-18-16(10-15)12-26(22(18)29)11-14-8-17(28)9-14/h2-7,10,12,14,17,28-29H,8-9,11H2,1H3. The third kappa shape index (κ3) is 2.98. The highest BCUT2D eigenvalue weighted by Gasteiger charge is 2.28. The summed E-state index contributed by atoms with van der Waals surface area (Å²) in [7, 11) is 0. The normalized spacial score (nSPS) is 18.9. The molecular formula is C22H21FN4O2. The molecule has 0 aliphatic heterocycles. The van der Waals surface area contributed by atoms with Gasteiger partial charge in [-0.15, -0.1) is 5.10 Å². The SMILES string of the molecule is Cc1c(-c2ccc3c(O)n(CC4CC(O)C4)cc3c2)nnn1-c1ccccc1F. The van der Waals surface area contributed by atoms with E-state index in [1.807, 2.05) is 35.9 Å². The second-order valence-corrected chi connectivity index (χ2v) is 7.79. The van der Waals surface area contributed by atoms with Crippen LogP contribution in [0.4, 0.5) is 4.39 Å². The Morgan fingerprint density at radius 2 is 1.97 bits per heavy atom. The fourth-order valence-electron chi connectivity index (χ4n) is 4.12. The molecule has 0 bridgehead atoms. The quantitative estimate of drug-likeness (QED) is 0.554. The zero-order valence-electron chi connectivity index (χ0n) is 16.0. The summed E-state index contributed by atoms with van der Waals surface area (Å²) in [6, 6.07) is 12.2. The Morgan fingerprint density at radius 3 is 2.72 bits per heavy atom. The van der Waals surface area contributed by atoms with Gasteiger partial charge in [0, 0.05) is 29.1 Å². The minimum absolute atomic E-state index is 0.209. The van der Waals surface area contributed by atoms with Gasteiger partial charge in [0.15, 0.2) is 5.88 Å². The lowest BCUT2D eigenvalue weighted by Crippen LogP contribution is -2.31. The number of hydrogen-bond acceptors (Lipinski definition) is 4. The molecule has 0 atom stereocenters. The van der Waals surface area contributed by atoms with Gasteiger partial charge in [-0.3, -0.25) is 0 Å². The van der Waals surface area contributed by atoms with Gasteiger partial charge in [-0.25, -0.2) is 9.07 Å². The van der Waals surface area contributed by atoms with Crippen molar-refractivity contribution in [2.45, 2.75) is 32.4 Å². The molecule has 5 rings (SSSR count). The minimum Gasteiger partial charge on any atom is -0.494 e. The van der Waals surface area contributed by atoms with Crippen LogP contribution in [-0.2, 0) is 6.54 Å². The molecule has 1 saturated carbocycles. The molecule has 4 aromatic rings. The fourth-order valence-corrected chi connectivity index (χ4v) is 4.12. The van der Waals surface area contributed by atoms with E-state index < -0.39 is 0 Å². The number of nitrogens with zero attached hydrogens (tertiary/aromatic N) is 4. The van der Waals surface area contributed by atoms with Gasteiger partial charge in [0.25, 0.3) is 0 Å². The van der Waals surface area contributed by atoms with Crippen LogP contribution in [0, 0.1) is 18.7 Å². The number of aliphatic hydroxyl groups excluding tert-OH is 1. The molecule has 0 amide bonds. The van der Waals surface area contributed by atoms with E-state index in [4.69, 9.17) is 0 Å². The smallest absolute Gasteiger partial charge is 0.199 e. The maximum Gasteiger partial charge on any atom is 0.199 e. The molecule has 2 aromatic carbocycles. The highest BCUT2D eigenvalue weighted by molar-refractivity contribution is 5.91. The number of hydrogen-bond donors (Lipinski definition) is 2. The first-order chi connectivity index (χ1) is 14.0. The van der Waals surface area contributed by atoms with Crippen molar-refractivity contribution in [3.63, 3.8) is 0 Å². The van der Waals surface area contributed by atoms with E-state index in [9.17, 15) is 14.6 Å². The molecule has 1 aliphatic rings. The van der Waals surface area contributed by atoms with Gasteiger partial charge < -0.3 is 14.8 Å². The number of para-hydroxylation sites is 1. The largest absolute Gasteiger partial charge is 0.494 e. The first kappa shape index (κ1) is 17.9. The summed E-state index contributed by atoms with van der Waals surface area (Å²) in [5.74, 6) is 0.269. The number of fused-ring (bicyclic) bond motifs is 1. The molecule has 6 nitrogen and oxygen atoms in total. The van der Waals surface area contributed by atoms with Gasteiger partial charge in [-0.05, 0) is 49.9 Å². The van der Waals surface area contributed by atoms with Crippen LogP contribution in [0.5, 0.6) is 5.88 Å². The third-order valence-electron chi connectivity index (χ3n) is 5.77. The molecule has 2 aromatic heterocycles. The zero-order valence-corrected chi connectivity index (χ0v) is 16.0. The van der Waals surface area contributed by atoms with Crippen LogP contribution in [0.15, 0.2) is 48.7 Å². The second kappa shape index (κ2) is 6.70. The number of aromatic nitrogens is 4. The van der Waals surface area contributed by atoms with Crippen LogP contribution >= 0.6 is 0 Å². The van der Waals surface area contributed by atoms with Gasteiger partial charge in [-0.2, -0.15) is 0 Å². The lowest BCUT2D eigenvalue weighted by atomic mass is 9.82. The van der Waals surface area contributed by atoms with E-state index in [0.29, 0.717) is 23.8 Å². The molecule has 0 radical (unpaired) electrons. The highest BCUT2D eigenvalue weighted by atomic mass is 19.1. The molecule has 0 unspecified atom stereocenters. The van der Waals surface area contributed by atoms with Crippen molar-refractivity contribution in [3.8, 4) is 22.8 Å². The summed E-state index contributed by atoms with van der Waals surface area (Å²) < 4.78 is 17.5. The zero-order chi connectivity index (χ0) is 20.1. The van der Waals surface area contributed by atoms with E-state index in [1.54, 1.807) is 18.2 Å². The van der Waals surface area contributed by atoms with Crippen LogP contribution < -0.4 is 0 Å². The Morgan fingerprint density at radius 1 is 1.17 bits per heavy atom. The molecule has 1 aliphatic carbocycles. The first-order valence-corrected chi connectivity index (χ1v) is 9.68. The summed E-state index contributed by atoms with van der Waals surface area (Å²) in [5.41, 5.74) is 2.62. The van der Waals surface area contributed by atoms with Crippen molar-refractivity contribution in [2.75, 3.05) is 0 Å². The van der Waals surface area contributed by atoms with Crippen LogP contribution in [0.3, 0.4) is 0 Å².